The number of nitrogens with zero attached hydrogens (tertiary/aromatic N) is 1. The summed E-state index contributed by atoms with van der Waals surface area (Å²) < 4.78 is 0. The van der Waals surface area contributed by atoms with E-state index in [1.807, 2.05) is 0 Å². The van der Waals surface area contributed by atoms with Gasteiger partial charge in [-0.15, -0.1) is 0 Å². The standard InChI is InChI=1S/C11H22N2O2/c1-13(15-2)11(14)12-10-8-6-4-3-5-7-9-10/h10H,3-9H2,1-2H3,(H,12,14). The van der Waals surface area contributed by atoms with Crippen molar-refractivity contribution in [1.29, 1.82) is 0 Å². The topological polar surface area (TPSA) is 41.6 Å². The number of rotatable bonds is 2. The molecule has 0 atom stereocenters. The van der Waals surface area contributed by atoms with Gasteiger partial charge < -0.3 is 5.32 Å². The summed E-state index contributed by atoms with van der Waals surface area (Å²) >= 11 is 0. The van der Waals surface area contributed by atoms with Gasteiger partial charge in [0.25, 0.3) is 0 Å². The normalized spacial score (nSPS) is 19.1. The molecule has 0 aromatic rings. The molecule has 88 valence electrons. The highest BCUT2D eigenvalue weighted by Crippen LogP contribution is 2.17. The van der Waals surface area contributed by atoms with Gasteiger partial charge in [-0.1, -0.05) is 32.1 Å². The maximum Gasteiger partial charge on any atom is 0.341 e. The molecule has 4 nitrogen and oxygen atoms in total. The second-order valence-electron chi connectivity index (χ2n) is 4.17. The second kappa shape index (κ2) is 6.67. The van der Waals surface area contributed by atoms with Gasteiger partial charge in [-0.05, 0) is 12.8 Å². The number of carbonyl (C=O) groups excluding carboxylic acids is 1. The summed E-state index contributed by atoms with van der Waals surface area (Å²) in [5.74, 6) is 0. The number of amides is 2. The number of urea groups is 1. The molecule has 0 unspecified atom stereocenters. The number of hydrogen-bond donors (Lipinski definition) is 1. The van der Waals surface area contributed by atoms with Crippen LogP contribution in [-0.2, 0) is 4.84 Å². The fraction of sp³-hybridized carbons (Fsp3) is 0.909. The Morgan fingerprint density at radius 3 is 2.27 bits per heavy atom. The molecule has 15 heavy (non-hydrogen) atoms. The van der Waals surface area contributed by atoms with E-state index in [2.05, 4.69) is 5.32 Å². The first-order chi connectivity index (χ1) is 7.24. The summed E-state index contributed by atoms with van der Waals surface area (Å²) in [7, 11) is 3.12. The van der Waals surface area contributed by atoms with Gasteiger partial charge >= 0.3 is 6.03 Å². The first-order valence-electron chi connectivity index (χ1n) is 5.82. The van der Waals surface area contributed by atoms with Crippen molar-refractivity contribution in [2.75, 3.05) is 14.2 Å². The predicted molar refractivity (Wildman–Crippen MR) is 59.4 cm³/mol. The van der Waals surface area contributed by atoms with Crippen LogP contribution in [0.1, 0.15) is 44.9 Å². The average molecular weight is 214 g/mol. The Labute approximate surface area is 91.9 Å². The van der Waals surface area contributed by atoms with Gasteiger partial charge in [0, 0.05) is 13.1 Å². The predicted octanol–water partition coefficient (Wildman–Crippen LogP) is 2.30. The van der Waals surface area contributed by atoms with Crippen LogP contribution in [-0.4, -0.2) is 31.3 Å². The van der Waals surface area contributed by atoms with Crippen LogP contribution in [0.5, 0.6) is 0 Å². The Balaban J connectivity index is 2.31. The largest absolute Gasteiger partial charge is 0.341 e. The van der Waals surface area contributed by atoms with E-state index in [-0.39, 0.29) is 6.03 Å². The van der Waals surface area contributed by atoms with E-state index < -0.39 is 0 Å². The zero-order valence-electron chi connectivity index (χ0n) is 9.79. The highest BCUT2D eigenvalue weighted by atomic mass is 16.7. The van der Waals surface area contributed by atoms with Crippen LogP contribution in [0.15, 0.2) is 0 Å². The van der Waals surface area contributed by atoms with Gasteiger partial charge in [-0.3, -0.25) is 4.84 Å². The highest BCUT2D eigenvalue weighted by molar-refractivity contribution is 5.73. The molecule has 4 heteroatoms. The van der Waals surface area contributed by atoms with E-state index in [9.17, 15) is 4.79 Å². The Morgan fingerprint density at radius 2 is 1.73 bits per heavy atom. The minimum absolute atomic E-state index is 0.136. The molecule has 1 rings (SSSR count). The number of carbonyl (C=O) groups is 1. The smallest absolute Gasteiger partial charge is 0.333 e. The number of hydrogen-bond acceptors (Lipinski definition) is 2. The van der Waals surface area contributed by atoms with Crippen LogP contribution in [0, 0.1) is 0 Å². The third kappa shape index (κ3) is 4.51. The summed E-state index contributed by atoms with van der Waals surface area (Å²) in [5.41, 5.74) is 0. The number of hydroxylamine groups is 2. The lowest BCUT2D eigenvalue weighted by molar-refractivity contribution is -0.0657. The van der Waals surface area contributed by atoms with E-state index in [1.54, 1.807) is 7.05 Å². The SMILES string of the molecule is CON(C)C(=O)NC1CCCCCCC1. The molecule has 2 amide bonds. The van der Waals surface area contributed by atoms with E-state index >= 15 is 0 Å². The van der Waals surface area contributed by atoms with Crippen molar-refractivity contribution in [3.63, 3.8) is 0 Å². The van der Waals surface area contributed by atoms with Crippen LogP contribution < -0.4 is 5.32 Å². The third-order valence-electron chi connectivity index (χ3n) is 2.99. The maximum atomic E-state index is 11.5. The zero-order chi connectivity index (χ0) is 11.1. The van der Waals surface area contributed by atoms with Crippen LogP contribution in [0.4, 0.5) is 4.79 Å². The molecule has 0 radical (unpaired) electrons. The zero-order valence-corrected chi connectivity index (χ0v) is 9.79. The van der Waals surface area contributed by atoms with E-state index in [4.69, 9.17) is 4.84 Å². The number of nitrogens with one attached hydrogen (secondary N) is 1. The fourth-order valence-electron chi connectivity index (χ4n) is 1.95. The molecule has 0 heterocycles. The van der Waals surface area contributed by atoms with Crippen molar-refractivity contribution in [1.82, 2.24) is 10.4 Å². The summed E-state index contributed by atoms with van der Waals surface area (Å²) in [5, 5.41) is 4.23. The summed E-state index contributed by atoms with van der Waals surface area (Å²) in [6.45, 7) is 0. The van der Waals surface area contributed by atoms with Gasteiger partial charge in [-0.25, -0.2) is 9.86 Å². The van der Waals surface area contributed by atoms with Gasteiger partial charge in [0.2, 0.25) is 0 Å². The quantitative estimate of drug-likeness (QED) is 0.717. The molecule has 0 bridgehead atoms. The lowest BCUT2D eigenvalue weighted by Gasteiger charge is -2.23. The minimum atomic E-state index is -0.136. The molecule has 0 aliphatic heterocycles. The Kier molecular flexibility index (Phi) is 5.47. The first-order valence-corrected chi connectivity index (χ1v) is 5.82. The van der Waals surface area contributed by atoms with E-state index in [1.165, 1.54) is 44.3 Å². The molecule has 1 N–H and O–H groups in total. The molecule has 1 fully saturated rings. The Bertz CT molecular complexity index is 189. The van der Waals surface area contributed by atoms with Crippen molar-refractivity contribution in [2.24, 2.45) is 0 Å². The van der Waals surface area contributed by atoms with Gasteiger partial charge in [0.1, 0.15) is 0 Å². The van der Waals surface area contributed by atoms with Gasteiger partial charge in [0.05, 0.1) is 7.11 Å². The van der Waals surface area contributed by atoms with Crippen molar-refractivity contribution in [3.05, 3.63) is 0 Å². The van der Waals surface area contributed by atoms with Crippen LogP contribution in [0.3, 0.4) is 0 Å². The van der Waals surface area contributed by atoms with Crippen LogP contribution >= 0.6 is 0 Å². The lowest BCUT2D eigenvalue weighted by atomic mass is 9.97. The molecular weight excluding hydrogens is 192 g/mol. The van der Waals surface area contributed by atoms with Gasteiger partial charge in [-0.2, -0.15) is 0 Å². The second-order valence-corrected chi connectivity index (χ2v) is 4.17. The molecule has 1 aliphatic carbocycles. The van der Waals surface area contributed by atoms with E-state index in [0.717, 1.165) is 12.8 Å². The van der Waals surface area contributed by atoms with Gasteiger partial charge in [0.15, 0.2) is 0 Å². The molecule has 1 aliphatic rings. The van der Waals surface area contributed by atoms with Crippen LogP contribution in [0.2, 0.25) is 0 Å². The lowest BCUT2D eigenvalue weighted by Crippen LogP contribution is -2.42. The maximum absolute atomic E-state index is 11.5. The highest BCUT2D eigenvalue weighted by Gasteiger charge is 2.15. The van der Waals surface area contributed by atoms with Crippen LogP contribution in [0.25, 0.3) is 0 Å². The van der Waals surface area contributed by atoms with Crippen molar-refractivity contribution < 1.29 is 9.63 Å². The van der Waals surface area contributed by atoms with Crippen molar-refractivity contribution in [3.8, 4) is 0 Å². The average Bonchev–Trinajstić information content (AvgIpc) is 2.20. The van der Waals surface area contributed by atoms with E-state index in [0.29, 0.717) is 6.04 Å². The Morgan fingerprint density at radius 1 is 1.20 bits per heavy atom. The fourth-order valence-corrected chi connectivity index (χ4v) is 1.95. The summed E-state index contributed by atoms with van der Waals surface area (Å²) in [6, 6.07) is 0.193. The molecule has 0 spiro atoms. The monoisotopic (exact) mass is 214 g/mol. The first kappa shape index (κ1) is 12.3. The molecule has 0 aromatic heterocycles. The van der Waals surface area contributed by atoms with Crippen molar-refractivity contribution in [2.45, 2.75) is 51.0 Å². The molecular formula is C11H22N2O2. The van der Waals surface area contributed by atoms with Crippen molar-refractivity contribution >= 4 is 6.03 Å². The third-order valence-corrected chi connectivity index (χ3v) is 2.99. The summed E-state index contributed by atoms with van der Waals surface area (Å²) in [4.78, 5) is 16.4. The Hall–Kier alpha value is -0.770. The summed E-state index contributed by atoms with van der Waals surface area (Å²) in [6.07, 6.45) is 8.59. The molecule has 0 saturated heterocycles. The molecule has 1 saturated carbocycles. The minimum Gasteiger partial charge on any atom is -0.333 e. The molecule has 0 aromatic carbocycles.